The number of carboxylic acids is 2. The van der Waals surface area contributed by atoms with Gasteiger partial charge in [0.25, 0.3) is 0 Å². The normalized spacial score (nSPS) is 11.4. The number of carbonyl (C=O) groups is 2. The van der Waals surface area contributed by atoms with Crippen molar-refractivity contribution in [1.82, 2.24) is 0 Å². The van der Waals surface area contributed by atoms with Crippen LogP contribution in [0.2, 0.25) is 0 Å². The number of allylic oxidation sites excluding steroid dienone is 8. The maximum absolute atomic E-state index is 10.2. The van der Waals surface area contributed by atoms with E-state index < -0.39 is 11.9 Å². The standard InChI is InChI=1S/2C18H32O2.Mn/c2*1-2-3-4-5-6-7-8-9-10-11-12-13-14-15-16-17-18(19)20;/h2*6-7,9-10H,2-5,8,11-17H2,1H3,(H,19,20);/q;;+2/p-2/b2*7-6-,10-9-;. The minimum atomic E-state index is -0.921. The first-order chi connectivity index (χ1) is 19.5. The molecule has 0 unspecified atom stereocenters. The Morgan fingerprint density at radius 3 is 0.976 bits per heavy atom. The average molecular weight is 614 g/mol. The van der Waals surface area contributed by atoms with E-state index in [0.717, 1.165) is 64.2 Å². The third-order valence-corrected chi connectivity index (χ3v) is 6.66. The molecule has 0 N–H and O–H groups in total. The van der Waals surface area contributed by atoms with Crippen LogP contribution in [0.1, 0.15) is 168 Å². The summed E-state index contributed by atoms with van der Waals surface area (Å²) in [4.78, 5) is 20.4. The van der Waals surface area contributed by atoms with Gasteiger partial charge < -0.3 is 19.8 Å². The van der Waals surface area contributed by atoms with Crippen molar-refractivity contribution in [2.75, 3.05) is 0 Å². The first kappa shape index (κ1) is 43.9. The topological polar surface area (TPSA) is 80.3 Å². The number of unbranched alkanes of at least 4 members (excludes halogenated alkanes) is 16. The second-order valence-electron chi connectivity index (χ2n) is 10.7. The van der Waals surface area contributed by atoms with Crippen LogP contribution in [0, 0.1) is 0 Å². The van der Waals surface area contributed by atoms with Gasteiger partial charge in [0.1, 0.15) is 0 Å². The molecule has 4 nitrogen and oxygen atoms in total. The summed E-state index contributed by atoms with van der Waals surface area (Å²) in [5.41, 5.74) is 0. The molecule has 0 atom stereocenters. The van der Waals surface area contributed by atoms with Gasteiger partial charge in [0.05, 0.1) is 0 Å². The smallest absolute Gasteiger partial charge is 0.550 e. The van der Waals surface area contributed by atoms with Crippen molar-refractivity contribution in [2.45, 2.75) is 168 Å². The zero-order valence-electron chi connectivity index (χ0n) is 26.6. The van der Waals surface area contributed by atoms with Crippen LogP contribution in [0.4, 0.5) is 0 Å². The van der Waals surface area contributed by atoms with Crippen molar-refractivity contribution < 1.29 is 36.9 Å². The predicted octanol–water partition coefficient (Wildman–Crippen LogP) is 9.10. The van der Waals surface area contributed by atoms with Crippen molar-refractivity contribution in [1.29, 1.82) is 0 Å². The zero-order valence-corrected chi connectivity index (χ0v) is 27.8. The van der Waals surface area contributed by atoms with E-state index in [4.69, 9.17) is 0 Å². The zero-order chi connectivity index (χ0) is 29.8. The molecule has 0 saturated carbocycles. The molecule has 0 bridgehead atoms. The second kappa shape index (κ2) is 40.6. The van der Waals surface area contributed by atoms with Crippen LogP contribution in [0.5, 0.6) is 0 Å². The molecule has 0 saturated heterocycles. The maximum atomic E-state index is 10.2. The van der Waals surface area contributed by atoms with Gasteiger partial charge >= 0.3 is 17.1 Å². The van der Waals surface area contributed by atoms with Crippen molar-refractivity contribution in [3.63, 3.8) is 0 Å². The summed E-state index contributed by atoms with van der Waals surface area (Å²) in [5.74, 6) is -1.84. The third kappa shape index (κ3) is 48.5. The Hall–Kier alpha value is -1.58. The maximum Gasteiger partial charge on any atom is 2.00 e. The van der Waals surface area contributed by atoms with Crippen LogP contribution in [0.3, 0.4) is 0 Å². The fourth-order valence-corrected chi connectivity index (χ4v) is 4.16. The molecule has 0 aliphatic rings. The SMILES string of the molecule is CCCCC/C=C\C/C=C\CCCCCCCC(=O)[O-].CCCCC/C=C\C/C=C\CCCCCCCC(=O)[O-].[Mn+2]. The van der Waals surface area contributed by atoms with E-state index in [1.807, 2.05) is 0 Å². The Morgan fingerprint density at radius 2 is 0.683 bits per heavy atom. The fourth-order valence-electron chi connectivity index (χ4n) is 4.16. The van der Waals surface area contributed by atoms with Gasteiger partial charge in [0.15, 0.2) is 0 Å². The summed E-state index contributed by atoms with van der Waals surface area (Å²) >= 11 is 0. The molecule has 0 spiro atoms. The van der Waals surface area contributed by atoms with Crippen molar-refractivity contribution in [2.24, 2.45) is 0 Å². The van der Waals surface area contributed by atoms with Crippen LogP contribution < -0.4 is 10.2 Å². The van der Waals surface area contributed by atoms with E-state index in [0.29, 0.717) is 0 Å². The van der Waals surface area contributed by atoms with Gasteiger partial charge in [-0.1, -0.05) is 127 Å². The quantitative estimate of drug-likeness (QED) is 0.0501. The largest absolute Gasteiger partial charge is 2.00 e. The Balaban J connectivity index is -0.000000688. The molecule has 0 aromatic carbocycles. The van der Waals surface area contributed by atoms with Gasteiger partial charge in [-0.25, -0.2) is 0 Å². The molecule has 0 rings (SSSR count). The number of aliphatic carboxylic acids is 2. The Morgan fingerprint density at radius 1 is 0.415 bits per heavy atom. The third-order valence-electron chi connectivity index (χ3n) is 6.66. The second-order valence-corrected chi connectivity index (χ2v) is 10.7. The molecular formula is C36H62MnO4. The molecule has 0 aliphatic heterocycles. The van der Waals surface area contributed by atoms with E-state index in [9.17, 15) is 19.8 Å². The minimum absolute atomic E-state index is 0. The molecule has 0 fully saturated rings. The molecule has 1 radical (unpaired) electrons. The van der Waals surface area contributed by atoms with E-state index in [2.05, 4.69) is 62.5 Å². The first-order valence-corrected chi connectivity index (χ1v) is 16.5. The van der Waals surface area contributed by atoms with Crippen molar-refractivity contribution in [3.8, 4) is 0 Å². The molecule has 0 aromatic rings. The van der Waals surface area contributed by atoms with E-state index in [-0.39, 0.29) is 29.9 Å². The molecule has 5 heteroatoms. The summed E-state index contributed by atoms with van der Waals surface area (Å²) in [6.45, 7) is 4.46. The average Bonchev–Trinajstić information content (AvgIpc) is 2.93. The summed E-state index contributed by atoms with van der Waals surface area (Å²) in [6, 6.07) is 0. The minimum Gasteiger partial charge on any atom is -0.550 e. The summed E-state index contributed by atoms with van der Waals surface area (Å²) < 4.78 is 0. The number of carbonyl (C=O) groups excluding carboxylic acids is 2. The molecule has 0 aliphatic carbocycles. The predicted molar refractivity (Wildman–Crippen MR) is 169 cm³/mol. The summed E-state index contributed by atoms with van der Waals surface area (Å²) in [7, 11) is 0. The van der Waals surface area contributed by atoms with Gasteiger partial charge in [0.2, 0.25) is 0 Å². The summed E-state index contributed by atoms with van der Waals surface area (Å²) in [6.07, 6.45) is 43.9. The van der Waals surface area contributed by atoms with Crippen molar-refractivity contribution in [3.05, 3.63) is 48.6 Å². The molecule has 0 heterocycles. The molecular weight excluding hydrogens is 551 g/mol. The van der Waals surface area contributed by atoms with Crippen LogP contribution >= 0.6 is 0 Å². The number of hydrogen-bond acceptors (Lipinski definition) is 4. The van der Waals surface area contributed by atoms with Gasteiger partial charge in [-0.3, -0.25) is 0 Å². The Bertz CT molecular complexity index is 596. The Labute approximate surface area is 264 Å². The monoisotopic (exact) mass is 613 g/mol. The van der Waals surface area contributed by atoms with E-state index >= 15 is 0 Å². The molecule has 237 valence electrons. The van der Waals surface area contributed by atoms with Gasteiger partial charge in [-0.2, -0.15) is 0 Å². The van der Waals surface area contributed by atoms with Crippen LogP contribution in [0.15, 0.2) is 48.6 Å². The van der Waals surface area contributed by atoms with Gasteiger partial charge in [-0.05, 0) is 89.9 Å². The van der Waals surface area contributed by atoms with Crippen LogP contribution in [-0.4, -0.2) is 11.9 Å². The molecule has 41 heavy (non-hydrogen) atoms. The number of carboxylic acid groups (broad SMARTS) is 2. The Kier molecular flexibility index (Phi) is 43.4. The van der Waals surface area contributed by atoms with Gasteiger partial charge in [0, 0.05) is 11.9 Å². The van der Waals surface area contributed by atoms with Crippen LogP contribution in [-0.2, 0) is 26.7 Å². The van der Waals surface area contributed by atoms with Gasteiger partial charge in [-0.15, -0.1) is 0 Å². The first-order valence-electron chi connectivity index (χ1n) is 16.5. The number of rotatable bonds is 28. The number of hydrogen-bond donors (Lipinski definition) is 0. The van der Waals surface area contributed by atoms with Crippen LogP contribution in [0.25, 0.3) is 0 Å². The fraction of sp³-hybridized carbons (Fsp3) is 0.722. The summed E-state index contributed by atoms with van der Waals surface area (Å²) in [5, 5.41) is 20.4. The van der Waals surface area contributed by atoms with Crippen molar-refractivity contribution >= 4 is 11.9 Å². The molecule has 0 amide bonds. The van der Waals surface area contributed by atoms with E-state index in [1.165, 1.54) is 77.0 Å². The van der Waals surface area contributed by atoms with E-state index in [1.54, 1.807) is 0 Å². The molecule has 0 aromatic heterocycles.